The molecule has 554 valence electrons. The smallest absolute Gasteiger partial charge is 0.273 e. The van der Waals surface area contributed by atoms with Crippen LogP contribution in [-0.4, -0.2) is 140 Å². The van der Waals surface area contributed by atoms with Gasteiger partial charge >= 0.3 is 0 Å². The van der Waals surface area contributed by atoms with Crippen LogP contribution in [0.1, 0.15) is 128 Å². The number of nitrogen functional groups attached to an aromatic ring is 1. The zero-order valence-electron chi connectivity index (χ0n) is 60.4. The number of carbonyl (C=O) groups is 4. The molecule has 0 aromatic heterocycles. The molecule has 2 saturated carbocycles. The highest BCUT2D eigenvalue weighted by Crippen LogP contribution is 2.46. The molecule has 6 aromatic carbocycles. The average molecular weight is 1450 g/mol. The Labute approximate surface area is 599 Å². The van der Waals surface area contributed by atoms with Crippen LogP contribution in [0.15, 0.2) is 155 Å². The summed E-state index contributed by atoms with van der Waals surface area (Å²) >= 11 is 0. The van der Waals surface area contributed by atoms with Gasteiger partial charge in [-0.2, -0.15) is 8.61 Å². The van der Waals surface area contributed by atoms with Gasteiger partial charge in [-0.15, -0.1) is 0 Å². The minimum atomic E-state index is -4.32. The molecule has 2 fully saturated rings. The van der Waals surface area contributed by atoms with Gasteiger partial charge in [-0.05, 0) is 145 Å². The molecule has 0 aliphatic heterocycles. The Bertz CT molecular complexity index is 4110. The molecule has 0 heterocycles. The molecule has 0 unspecified atom stereocenters. The molecular formula is C76H102F2N10O12S2. The topological polar surface area (TPSA) is 325 Å². The van der Waals surface area contributed by atoms with Gasteiger partial charge in [0.15, 0.2) is 0 Å². The van der Waals surface area contributed by atoms with E-state index in [4.69, 9.17) is 5.73 Å². The Kier molecular flexibility index (Phi) is 27.4. The molecular weight excluding hydrogens is 1350 g/mol. The molecule has 2 aliphatic rings. The van der Waals surface area contributed by atoms with E-state index in [9.17, 15) is 65.1 Å². The van der Waals surface area contributed by atoms with Crippen LogP contribution < -0.4 is 37.6 Å². The first-order valence-electron chi connectivity index (χ1n) is 34.5. The van der Waals surface area contributed by atoms with Crippen molar-refractivity contribution < 1.29 is 59.9 Å². The second-order valence-electron chi connectivity index (χ2n) is 30.0. The second-order valence-corrected chi connectivity index (χ2v) is 33.9. The monoisotopic (exact) mass is 1450 g/mol. The summed E-state index contributed by atoms with van der Waals surface area (Å²) in [6.07, 6.45) is 0.601. The Balaban J connectivity index is 0.000000286. The van der Waals surface area contributed by atoms with E-state index < -0.39 is 113 Å². The van der Waals surface area contributed by atoms with Crippen molar-refractivity contribution in [2.45, 2.75) is 179 Å². The summed E-state index contributed by atoms with van der Waals surface area (Å²) in [6.45, 7) is 20.8. The summed E-state index contributed by atoms with van der Waals surface area (Å²) in [4.78, 5) is 65.3. The Morgan fingerprint density at radius 2 is 0.912 bits per heavy atom. The van der Waals surface area contributed by atoms with E-state index in [2.05, 4.69) is 31.9 Å². The lowest BCUT2D eigenvalue weighted by Crippen LogP contribution is -2.59. The molecule has 22 nitrogen and oxygen atoms in total. The van der Waals surface area contributed by atoms with Gasteiger partial charge < -0.3 is 37.2 Å². The summed E-state index contributed by atoms with van der Waals surface area (Å²) in [6, 6.07) is 35.2. The van der Waals surface area contributed by atoms with Crippen LogP contribution in [0.25, 0.3) is 0 Å². The van der Waals surface area contributed by atoms with E-state index in [1.165, 1.54) is 59.8 Å². The van der Waals surface area contributed by atoms with Crippen LogP contribution in [0.5, 0.6) is 0 Å². The number of rotatable bonds is 33. The fourth-order valence-corrected chi connectivity index (χ4v) is 15.4. The molecule has 0 bridgehead atoms. The second kappa shape index (κ2) is 34.5. The number of halogens is 2. The molecule has 10 N–H and O–H groups in total. The minimum Gasteiger partial charge on any atom is -0.398 e. The van der Waals surface area contributed by atoms with Gasteiger partial charge in [-0.1, -0.05) is 166 Å². The van der Waals surface area contributed by atoms with Gasteiger partial charge in [-0.25, -0.2) is 25.6 Å². The van der Waals surface area contributed by atoms with Crippen molar-refractivity contribution in [3.05, 3.63) is 201 Å². The van der Waals surface area contributed by atoms with Crippen molar-refractivity contribution in [3.8, 4) is 0 Å². The van der Waals surface area contributed by atoms with Crippen molar-refractivity contribution >= 4 is 55.1 Å². The van der Waals surface area contributed by atoms with Gasteiger partial charge in [-0.3, -0.25) is 39.9 Å². The maximum Gasteiger partial charge on any atom is 0.273 e. The van der Waals surface area contributed by atoms with E-state index in [0.717, 1.165) is 63.9 Å². The maximum absolute atomic E-state index is 14.0. The van der Waals surface area contributed by atoms with Crippen molar-refractivity contribution in [1.29, 1.82) is 0 Å². The Hall–Kier alpha value is -8.08. The molecule has 4 amide bonds. The minimum absolute atomic E-state index is 0.00212. The summed E-state index contributed by atoms with van der Waals surface area (Å²) in [5, 5.41) is 53.1. The van der Waals surface area contributed by atoms with Crippen LogP contribution in [0, 0.1) is 58.3 Å². The van der Waals surface area contributed by atoms with Gasteiger partial charge in [0.25, 0.3) is 5.69 Å². The van der Waals surface area contributed by atoms with Crippen LogP contribution in [0.3, 0.4) is 0 Å². The average Bonchev–Trinajstić information content (AvgIpc) is 1.57. The van der Waals surface area contributed by atoms with E-state index >= 15 is 0 Å². The van der Waals surface area contributed by atoms with Crippen LogP contribution in [0.2, 0.25) is 0 Å². The first-order chi connectivity index (χ1) is 47.7. The number of nitrogens with one attached hydrogen (secondary N) is 6. The zero-order chi connectivity index (χ0) is 75.3. The third kappa shape index (κ3) is 22.5. The predicted molar refractivity (Wildman–Crippen MR) is 390 cm³/mol. The van der Waals surface area contributed by atoms with Gasteiger partial charge in [0.05, 0.1) is 52.1 Å². The molecule has 26 heteroatoms. The molecule has 102 heavy (non-hydrogen) atoms. The lowest BCUT2D eigenvalue weighted by Gasteiger charge is -2.34. The number of aliphatic hydroxyl groups is 2. The first kappa shape index (κ1) is 81.2. The fourth-order valence-electron chi connectivity index (χ4n) is 12.1. The van der Waals surface area contributed by atoms with Gasteiger partial charge in [0, 0.05) is 54.6 Å². The molecule has 6 atom stereocenters. The highest BCUT2D eigenvalue weighted by molar-refractivity contribution is 7.89. The zero-order valence-corrected chi connectivity index (χ0v) is 62.1. The molecule has 0 radical (unpaired) electrons. The SMILES string of the molecule is Cc1ccc(S(=O)(=O)N(CC(C)C)C[C@@H](O)[C@H](Cc2ccccc2)NC(=O)[C@@H](NC(=O)CNC2(c3cccc(F)c3)CC2)C(C)(C)C)cc1N.Cc1ccc(S(=O)(=O)N(CC(C)C)C[C@@H](O)[C@H](Cc2ccccc2)NC(=O)[C@@H](NC(=O)CNC2(c3cccc(F)c3)CC2)C(C)(C)C)cc1[N+](=O)[O-]. The van der Waals surface area contributed by atoms with Gasteiger partial charge in [0.1, 0.15) is 23.7 Å². The number of sulfonamides is 2. The highest BCUT2D eigenvalue weighted by Gasteiger charge is 2.47. The molecule has 2 aliphatic carbocycles. The number of aliphatic hydroxyl groups excluding tert-OH is 2. The number of hydrogen-bond donors (Lipinski definition) is 9. The maximum atomic E-state index is 14.0. The van der Waals surface area contributed by atoms with Crippen LogP contribution in [-0.2, 0) is 63.1 Å². The number of nitro benzene ring substituents is 1. The largest absolute Gasteiger partial charge is 0.398 e. The van der Waals surface area contributed by atoms with E-state index in [0.29, 0.717) is 11.3 Å². The molecule has 0 spiro atoms. The lowest BCUT2D eigenvalue weighted by atomic mass is 9.85. The molecule has 6 aromatic rings. The summed E-state index contributed by atoms with van der Waals surface area (Å²) < 4.78 is 85.7. The standard InChI is InChI=1S/C38H50FN5O7S.C38H52FN5O5S/c1-25(2)23-43(52(50,51)30-16-15-26(3)32(21-30)44(48)49)24-33(45)31(19-27-11-8-7-9-12-27)41-36(47)35(37(4,5)6)42-34(46)22-40-38(17-18-38)28-13-10-14-29(39)20-28;1-25(2)23-44(50(48,49)30-16-15-26(3)31(40)21-30)24-33(45)32(19-27-11-8-7-9-12-27)42-36(47)35(37(4,5)6)43-34(46)22-41-38(17-18-38)28-13-10-14-29(39)20-28/h7-16,20-21,25,31,33,35,40,45H,17-19,22-24H2,1-6H3,(H,41,47)(H,42,46);7-16,20-21,25,32-33,35,41,45H,17-19,22-24,40H2,1-6H3,(H,42,47)(H,43,46)/t31-,33+,35+;32-,33+,35+/m00/s1. The number of anilines is 1. The number of nitrogens with zero attached hydrogens (tertiary/aromatic N) is 3. The van der Waals surface area contributed by atoms with Crippen LogP contribution in [0.4, 0.5) is 20.2 Å². The summed E-state index contributed by atoms with van der Waals surface area (Å²) in [7, 11) is -8.38. The van der Waals surface area contributed by atoms with E-state index in [1.807, 2.05) is 121 Å². The summed E-state index contributed by atoms with van der Waals surface area (Å²) in [5.41, 5.74) is 7.73. The van der Waals surface area contributed by atoms with Crippen molar-refractivity contribution in [1.82, 2.24) is 40.5 Å². The number of hydrogen-bond acceptors (Lipinski definition) is 15. The van der Waals surface area contributed by atoms with E-state index in [1.54, 1.807) is 45.9 Å². The van der Waals surface area contributed by atoms with Gasteiger partial charge in [0.2, 0.25) is 43.7 Å². The Morgan fingerprint density at radius 1 is 0.539 bits per heavy atom. The number of amides is 4. The number of benzene rings is 6. The van der Waals surface area contributed by atoms with Crippen molar-refractivity contribution in [3.63, 3.8) is 0 Å². The van der Waals surface area contributed by atoms with E-state index in [-0.39, 0.29) is 84.5 Å². The number of nitro groups is 1. The van der Waals surface area contributed by atoms with Crippen molar-refractivity contribution in [2.24, 2.45) is 22.7 Å². The normalized spacial score (nSPS) is 16.0. The number of carbonyl (C=O) groups excluding carboxylic acids is 4. The highest BCUT2D eigenvalue weighted by atomic mass is 32.2. The lowest BCUT2D eigenvalue weighted by molar-refractivity contribution is -0.385. The molecule has 0 saturated heterocycles. The number of nitrogens with two attached hydrogens (primary N) is 1. The van der Waals surface area contributed by atoms with Crippen molar-refractivity contribution in [2.75, 3.05) is 45.0 Å². The number of aryl methyl sites for hydroxylation is 2. The fraction of sp³-hybridized carbons (Fsp3) is 0.474. The molecule has 8 rings (SSSR count). The third-order valence-corrected chi connectivity index (χ3v) is 22.0. The quantitative estimate of drug-likeness (QED) is 0.0106. The first-order valence-corrected chi connectivity index (χ1v) is 37.4. The summed E-state index contributed by atoms with van der Waals surface area (Å²) in [5.74, 6) is -2.88. The predicted octanol–water partition coefficient (Wildman–Crippen LogP) is 8.85. The third-order valence-electron chi connectivity index (χ3n) is 18.3. The Morgan fingerprint density at radius 3 is 1.25 bits per heavy atom. The van der Waals surface area contributed by atoms with Crippen LogP contribution >= 0.6 is 0 Å².